The zero-order chi connectivity index (χ0) is 23.5. The van der Waals surface area contributed by atoms with Crippen LogP contribution in [0.2, 0.25) is 0 Å². The van der Waals surface area contributed by atoms with Gasteiger partial charge in [-0.2, -0.15) is 0 Å². The third kappa shape index (κ3) is 4.58. The van der Waals surface area contributed by atoms with Crippen molar-refractivity contribution in [3.8, 4) is 11.1 Å². The lowest BCUT2D eigenvalue weighted by Gasteiger charge is -2.26. The number of carboxylic acid groups (broad SMARTS) is 1. The van der Waals surface area contributed by atoms with Crippen molar-refractivity contribution < 1.29 is 24.2 Å². The van der Waals surface area contributed by atoms with Gasteiger partial charge in [-0.1, -0.05) is 55.5 Å². The van der Waals surface area contributed by atoms with Crippen LogP contribution >= 0.6 is 0 Å². The number of carbonyl (C=O) groups is 3. The standard InChI is InChI=1S/C26H30N2O5/c1-16(24(29)28-14-12-18(17(28)2)25(30)31)11-13-27-26(32)33-15-23-21-9-5-3-7-19(21)20-8-4-6-10-22(20)23/h3-10,16-18,23H,11-15H2,1-2H3,(H,27,32)(H,30,31). The number of aliphatic carboxylic acids is 1. The van der Waals surface area contributed by atoms with Crippen LogP contribution in [0.25, 0.3) is 11.1 Å². The van der Waals surface area contributed by atoms with E-state index in [0.717, 1.165) is 11.1 Å². The molecule has 1 fully saturated rings. The highest BCUT2D eigenvalue weighted by Gasteiger charge is 2.39. The Morgan fingerprint density at radius 1 is 1.09 bits per heavy atom. The molecule has 0 bridgehead atoms. The molecule has 2 aromatic rings. The third-order valence-electron chi connectivity index (χ3n) is 6.97. The van der Waals surface area contributed by atoms with E-state index in [1.165, 1.54) is 11.1 Å². The van der Waals surface area contributed by atoms with Gasteiger partial charge >= 0.3 is 12.1 Å². The van der Waals surface area contributed by atoms with Crippen LogP contribution in [0.5, 0.6) is 0 Å². The van der Waals surface area contributed by atoms with Gasteiger partial charge in [-0.25, -0.2) is 4.79 Å². The molecule has 33 heavy (non-hydrogen) atoms. The average molecular weight is 451 g/mol. The molecule has 0 radical (unpaired) electrons. The van der Waals surface area contributed by atoms with Gasteiger partial charge in [0.2, 0.25) is 5.91 Å². The van der Waals surface area contributed by atoms with Gasteiger partial charge in [0.05, 0.1) is 5.92 Å². The number of benzene rings is 2. The summed E-state index contributed by atoms with van der Waals surface area (Å²) in [6.07, 6.45) is 0.439. The molecule has 2 amide bonds. The normalized spacial score (nSPS) is 20.1. The second-order valence-electron chi connectivity index (χ2n) is 8.95. The number of hydrogen-bond donors (Lipinski definition) is 2. The molecule has 1 heterocycles. The molecular weight excluding hydrogens is 420 g/mol. The smallest absolute Gasteiger partial charge is 0.407 e. The molecule has 1 aliphatic carbocycles. The lowest BCUT2D eigenvalue weighted by molar-refractivity contribution is -0.143. The third-order valence-corrected chi connectivity index (χ3v) is 6.97. The number of carbonyl (C=O) groups excluding carboxylic acids is 2. The summed E-state index contributed by atoms with van der Waals surface area (Å²) < 4.78 is 5.53. The number of ether oxygens (including phenoxy) is 1. The first-order valence-corrected chi connectivity index (χ1v) is 11.5. The minimum atomic E-state index is -0.859. The molecule has 2 aliphatic rings. The van der Waals surface area contributed by atoms with E-state index in [1.54, 1.807) is 11.8 Å². The number of nitrogens with zero attached hydrogens (tertiary/aromatic N) is 1. The first-order valence-electron chi connectivity index (χ1n) is 11.5. The molecule has 174 valence electrons. The van der Waals surface area contributed by atoms with Crippen LogP contribution in [0, 0.1) is 11.8 Å². The number of rotatable bonds is 7. The van der Waals surface area contributed by atoms with Gasteiger partial charge in [-0.3, -0.25) is 9.59 Å². The largest absolute Gasteiger partial charge is 0.481 e. The van der Waals surface area contributed by atoms with Crippen LogP contribution in [0.4, 0.5) is 4.79 Å². The topological polar surface area (TPSA) is 95.9 Å². The predicted molar refractivity (Wildman–Crippen MR) is 124 cm³/mol. The highest BCUT2D eigenvalue weighted by atomic mass is 16.5. The summed E-state index contributed by atoms with van der Waals surface area (Å²) in [5, 5.41) is 12.0. The molecule has 0 aromatic heterocycles. The van der Waals surface area contributed by atoms with Crippen LogP contribution < -0.4 is 5.32 Å². The van der Waals surface area contributed by atoms with E-state index < -0.39 is 18.0 Å². The van der Waals surface area contributed by atoms with Crippen molar-refractivity contribution in [1.29, 1.82) is 0 Å². The summed E-state index contributed by atoms with van der Waals surface area (Å²) in [6, 6.07) is 16.0. The van der Waals surface area contributed by atoms with E-state index in [1.807, 2.05) is 31.2 Å². The fourth-order valence-electron chi connectivity index (χ4n) is 5.03. The molecule has 2 N–H and O–H groups in total. The molecule has 1 aliphatic heterocycles. The number of amides is 2. The van der Waals surface area contributed by atoms with Gasteiger partial charge in [-0.15, -0.1) is 0 Å². The molecule has 2 aromatic carbocycles. The van der Waals surface area contributed by atoms with Gasteiger partial charge in [0, 0.05) is 31.0 Å². The van der Waals surface area contributed by atoms with E-state index in [4.69, 9.17) is 4.74 Å². The SMILES string of the molecule is CC(CCNC(=O)OCC1c2ccccc2-c2ccccc21)C(=O)N1CCC(C(=O)O)C1C. The van der Waals surface area contributed by atoms with Gasteiger partial charge in [0.1, 0.15) is 6.61 Å². The number of alkyl carbamates (subject to hydrolysis) is 1. The van der Waals surface area contributed by atoms with Gasteiger partial charge < -0.3 is 20.1 Å². The Balaban J connectivity index is 1.25. The second-order valence-corrected chi connectivity index (χ2v) is 8.95. The minimum absolute atomic E-state index is 0.00230. The Labute approximate surface area is 193 Å². The maximum atomic E-state index is 12.7. The monoisotopic (exact) mass is 450 g/mol. The first kappa shape index (κ1) is 22.8. The van der Waals surface area contributed by atoms with Crippen LogP contribution in [0.3, 0.4) is 0 Å². The molecule has 4 rings (SSSR count). The van der Waals surface area contributed by atoms with Gasteiger partial charge in [0.15, 0.2) is 0 Å². The number of fused-ring (bicyclic) bond motifs is 3. The van der Waals surface area contributed by atoms with Crippen molar-refractivity contribution >= 4 is 18.0 Å². The Bertz CT molecular complexity index is 1010. The molecule has 0 saturated carbocycles. The van der Waals surface area contributed by atoms with Crippen molar-refractivity contribution in [1.82, 2.24) is 10.2 Å². The predicted octanol–water partition coefficient (Wildman–Crippen LogP) is 3.87. The van der Waals surface area contributed by atoms with Crippen LogP contribution in [-0.4, -0.2) is 53.7 Å². The minimum Gasteiger partial charge on any atom is -0.481 e. The van der Waals surface area contributed by atoms with E-state index in [2.05, 4.69) is 29.6 Å². The fourth-order valence-corrected chi connectivity index (χ4v) is 5.03. The van der Waals surface area contributed by atoms with Crippen LogP contribution in [-0.2, 0) is 14.3 Å². The summed E-state index contributed by atoms with van der Waals surface area (Å²) >= 11 is 0. The molecule has 7 heteroatoms. The van der Waals surface area contributed by atoms with E-state index >= 15 is 0 Å². The van der Waals surface area contributed by atoms with Crippen molar-refractivity contribution in [2.75, 3.05) is 19.7 Å². The number of nitrogens with one attached hydrogen (secondary N) is 1. The Hall–Kier alpha value is -3.35. The maximum absolute atomic E-state index is 12.7. The second kappa shape index (κ2) is 9.65. The molecule has 7 nitrogen and oxygen atoms in total. The molecule has 0 spiro atoms. The van der Waals surface area contributed by atoms with E-state index in [0.29, 0.717) is 25.9 Å². The number of hydrogen-bond acceptors (Lipinski definition) is 4. The lowest BCUT2D eigenvalue weighted by atomic mass is 9.98. The zero-order valence-corrected chi connectivity index (χ0v) is 19.0. The molecule has 3 atom stereocenters. The maximum Gasteiger partial charge on any atom is 0.407 e. The van der Waals surface area contributed by atoms with Gasteiger partial charge in [-0.05, 0) is 42.0 Å². The van der Waals surface area contributed by atoms with Crippen LogP contribution in [0.1, 0.15) is 43.7 Å². The lowest BCUT2D eigenvalue weighted by Crippen LogP contribution is -2.41. The van der Waals surface area contributed by atoms with E-state index in [-0.39, 0.29) is 30.4 Å². The number of carboxylic acids is 1. The molecular formula is C26H30N2O5. The molecule has 3 unspecified atom stereocenters. The Morgan fingerprint density at radius 2 is 1.70 bits per heavy atom. The highest BCUT2D eigenvalue weighted by Crippen LogP contribution is 2.44. The quantitative estimate of drug-likeness (QED) is 0.668. The van der Waals surface area contributed by atoms with Crippen LogP contribution in [0.15, 0.2) is 48.5 Å². The number of likely N-dealkylation sites (tertiary alicyclic amines) is 1. The Morgan fingerprint density at radius 3 is 2.27 bits per heavy atom. The van der Waals surface area contributed by atoms with Crippen molar-refractivity contribution in [2.45, 2.75) is 38.6 Å². The van der Waals surface area contributed by atoms with E-state index in [9.17, 15) is 19.5 Å². The summed E-state index contributed by atoms with van der Waals surface area (Å²) in [5.74, 6) is -1.75. The van der Waals surface area contributed by atoms with Crippen molar-refractivity contribution in [3.63, 3.8) is 0 Å². The molecule has 1 saturated heterocycles. The Kier molecular flexibility index (Phi) is 6.67. The summed E-state index contributed by atoms with van der Waals surface area (Å²) in [5.41, 5.74) is 4.67. The highest BCUT2D eigenvalue weighted by molar-refractivity contribution is 5.81. The van der Waals surface area contributed by atoms with Gasteiger partial charge in [0.25, 0.3) is 0 Å². The summed E-state index contributed by atoms with van der Waals surface area (Å²) in [6.45, 7) is 4.61. The fraction of sp³-hybridized carbons (Fsp3) is 0.423. The summed E-state index contributed by atoms with van der Waals surface area (Å²) in [7, 11) is 0. The van der Waals surface area contributed by atoms with Crippen molar-refractivity contribution in [3.05, 3.63) is 59.7 Å². The van der Waals surface area contributed by atoms with Crippen molar-refractivity contribution in [2.24, 2.45) is 11.8 Å². The zero-order valence-electron chi connectivity index (χ0n) is 19.0. The summed E-state index contributed by atoms with van der Waals surface area (Å²) in [4.78, 5) is 38.0. The average Bonchev–Trinajstić information content (AvgIpc) is 3.35. The first-order chi connectivity index (χ1) is 15.9.